The average molecular weight is 664 g/mol. The van der Waals surface area contributed by atoms with Crippen molar-refractivity contribution in [1.82, 2.24) is 4.90 Å². The first kappa shape index (κ1) is 34.3. The van der Waals surface area contributed by atoms with Crippen molar-refractivity contribution in [1.29, 1.82) is 0 Å². The number of nitrogens with one attached hydrogen (secondary N) is 1. The standard InChI is InChI=1S/C39H42FN3O4Si/c1-5-6-13-22-41-34-25-33(42-39(45)46-23-24-48(2,3)4)32-27-43(26-28-18-20-31(40)21-19-28)38(44)35(32)37(34)47-36(29-14-9-7-10-15-29)30-16-11-8-12-17-30/h6-22,25,36H,5,23-24,26-27H2,1-4H3,(H,42,45)/b13-6-,41-22-. The van der Waals surface area contributed by atoms with Gasteiger partial charge in [0.15, 0.2) is 5.75 Å². The summed E-state index contributed by atoms with van der Waals surface area (Å²) in [5.74, 6) is -0.314. The summed E-state index contributed by atoms with van der Waals surface area (Å²) >= 11 is 0. The third-order valence-corrected chi connectivity index (χ3v) is 9.64. The van der Waals surface area contributed by atoms with Crippen molar-refractivity contribution < 1.29 is 23.5 Å². The maximum absolute atomic E-state index is 14.4. The summed E-state index contributed by atoms with van der Waals surface area (Å²) in [6.45, 7) is 9.44. The van der Waals surface area contributed by atoms with Gasteiger partial charge in [-0.15, -0.1) is 0 Å². The quantitative estimate of drug-likeness (QED) is 0.114. The minimum absolute atomic E-state index is 0.202. The first-order valence-electron chi connectivity index (χ1n) is 16.3. The molecule has 248 valence electrons. The number of carbonyl (C=O) groups excluding carboxylic acids is 2. The Morgan fingerprint density at radius 1 is 1.00 bits per heavy atom. The van der Waals surface area contributed by atoms with Crippen LogP contribution in [-0.4, -0.2) is 37.8 Å². The van der Waals surface area contributed by atoms with Crippen LogP contribution < -0.4 is 10.1 Å². The zero-order valence-electron chi connectivity index (χ0n) is 27.9. The van der Waals surface area contributed by atoms with Crippen molar-refractivity contribution in [3.05, 3.63) is 137 Å². The van der Waals surface area contributed by atoms with Crippen LogP contribution in [0, 0.1) is 5.82 Å². The molecular formula is C39H42FN3O4Si. The van der Waals surface area contributed by atoms with Crippen LogP contribution in [0.3, 0.4) is 0 Å². The summed E-state index contributed by atoms with van der Waals surface area (Å²) in [6.07, 6.45) is 5.14. The van der Waals surface area contributed by atoms with Crippen LogP contribution in [0.1, 0.15) is 52.1 Å². The number of fused-ring (bicyclic) bond motifs is 1. The van der Waals surface area contributed by atoms with Crippen LogP contribution in [0.15, 0.2) is 108 Å². The summed E-state index contributed by atoms with van der Waals surface area (Å²) < 4.78 is 26.2. The molecule has 0 spiro atoms. The molecule has 2 amide bonds. The number of hydrogen-bond donors (Lipinski definition) is 1. The van der Waals surface area contributed by atoms with E-state index in [9.17, 15) is 14.0 Å². The number of halogens is 1. The number of amides is 2. The van der Waals surface area contributed by atoms with Gasteiger partial charge in [-0.25, -0.2) is 9.18 Å². The SMILES string of the molecule is CC/C=C\C=N/c1cc(NC(=O)OCC[Si](C)(C)C)c2c(c1OC(c1ccccc1)c1ccccc1)C(=O)N(Cc1ccc(F)cc1)C2. The molecule has 4 aromatic carbocycles. The van der Waals surface area contributed by atoms with Gasteiger partial charge < -0.3 is 14.4 Å². The number of rotatable bonds is 13. The van der Waals surface area contributed by atoms with E-state index in [1.54, 1.807) is 29.3 Å². The Balaban J connectivity index is 1.61. The van der Waals surface area contributed by atoms with Gasteiger partial charge in [-0.2, -0.15) is 0 Å². The fourth-order valence-corrected chi connectivity index (χ4v) is 6.10. The van der Waals surface area contributed by atoms with Gasteiger partial charge in [0.05, 0.1) is 17.9 Å². The second kappa shape index (κ2) is 15.7. The fraction of sp³-hybridized carbons (Fsp3) is 0.256. The molecule has 0 bridgehead atoms. The molecule has 7 nitrogen and oxygen atoms in total. The van der Waals surface area contributed by atoms with E-state index in [4.69, 9.17) is 14.5 Å². The highest BCUT2D eigenvalue weighted by atomic mass is 28.3. The fourth-order valence-electron chi connectivity index (χ4n) is 5.38. The third kappa shape index (κ3) is 8.86. The van der Waals surface area contributed by atoms with Gasteiger partial charge in [-0.3, -0.25) is 15.1 Å². The second-order valence-corrected chi connectivity index (χ2v) is 18.5. The van der Waals surface area contributed by atoms with E-state index in [0.29, 0.717) is 34.9 Å². The summed E-state index contributed by atoms with van der Waals surface area (Å²) in [6, 6.07) is 28.3. The molecule has 1 heterocycles. The lowest BCUT2D eigenvalue weighted by molar-refractivity contribution is 0.0762. The highest BCUT2D eigenvalue weighted by Gasteiger charge is 2.36. The van der Waals surface area contributed by atoms with Crippen LogP contribution in [0.2, 0.25) is 25.7 Å². The Labute approximate surface area is 283 Å². The van der Waals surface area contributed by atoms with Crippen LogP contribution in [-0.2, 0) is 17.8 Å². The monoisotopic (exact) mass is 663 g/mol. The molecule has 0 saturated heterocycles. The van der Waals surface area contributed by atoms with Gasteiger partial charge in [0.25, 0.3) is 5.91 Å². The summed E-state index contributed by atoms with van der Waals surface area (Å²) in [5.41, 5.74) is 4.31. The number of allylic oxidation sites excluding steroid dienone is 2. The van der Waals surface area contributed by atoms with E-state index in [1.165, 1.54) is 12.1 Å². The van der Waals surface area contributed by atoms with Crippen molar-refractivity contribution in [2.75, 3.05) is 11.9 Å². The van der Waals surface area contributed by atoms with E-state index < -0.39 is 20.3 Å². The van der Waals surface area contributed by atoms with E-state index in [0.717, 1.165) is 29.2 Å². The van der Waals surface area contributed by atoms with E-state index in [2.05, 4.69) is 25.0 Å². The lowest BCUT2D eigenvalue weighted by Gasteiger charge is -2.23. The molecule has 1 aliphatic rings. The van der Waals surface area contributed by atoms with Crippen LogP contribution >= 0.6 is 0 Å². The molecule has 0 fully saturated rings. The predicted molar refractivity (Wildman–Crippen MR) is 192 cm³/mol. The van der Waals surface area contributed by atoms with E-state index in [-0.39, 0.29) is 24.8 Å². The van der Waals surface area contributed by atoms with Gasteiger partial charge in [0.1, 0.15) is 17.6 Å². The zero-order chi connectivity index (χ0) is 34.1. The van der Waals surface area contributed by atoms with E-state index >= 15 is 0 Å². The number of benzene rings is 4. The predicted octanol–water partition coefficient (Wildman–Crippen LogP) is 9.71. The lowest BCUT2D eigenvalue weighted by atomic mass is 10.00. The molecular weight excluding hydrogens is 622 g/mol. The summed E-state index contributed by atoms with van der Waals surface area (Å²) in [7, 11) is -1.42. The molecule has 0 atom stereocenters. The zero-order valence-corrected chi connectivity index (χ0v) is 28.9. The molecule has 1 N–H and O–H groups in total. The van der Waals surface area contributed by atoms with Crippen molar-refractivity contribution in [3.63, 3.8) is 0 Å². The maximum atomic E-state index is 14.4. The highest BCUT2D eigenvalue weighted by Crippen LogP contribution is 2.46. The molecule has 0 saturated carbocycles. The molecule has 1 aliphatic heterocycles. The smallest absolute Gasteiger partial charge is 0.411 e. The van der Waals surface area contributed by atoms with Crippen molar-refractivity contribution in [2.24, 2.45) is 4.99 Å². The maximum Gasteiger partial charge on any atom is 0.411 e. The Kier molecular flexibility index (Phi) is 11.2. The number of nitrogens with zero attached hydrogens (tertiary/aromatic N) is 2. The molecule has 4 aromatic rings. The molecule has 0 radical (unpaired) electrons. The minimum atomic E-state index is -1.42. The van der Waals surface area contributed by atoms with Crippen LogP contribution in [0.4, 0.5) is 20.6 Å². The van der Waals surface area contributed by atoms with Gasteiger partial charge >= 0.3 is 6.09 Å². The molecule has 0 aromatic heterocycles. The van der Waals surface area contributed by atoms with Gasteiger partial charge in [0.2, 0.25) is 0 Å². The number of hydrogen-bond acceptors (Lipinski definition) is 5. The Bertz CT molecular complexity index is 1730. The van der Waals surface area contributed by atoms with Crippen molar-refractivity contribution in [3.8, 4) is 5.75 Å². The Hall–Kier alpha value is -5.02. The molecule has 48 heavy (non-hydrogen) atoms. The van der Waals surface area contributed by atoms with E-state index in [1.807, 2.05) is 79.7 Å². The van der Waals surface area contributed by atoms with Gasteiger partial charge in [-0.05, 0) is 53.4 Å². The average Bonchev–Trinajstić information content (AvgIpc) is 3.39. The second-order valence-electron chi connectivity index (χ2n) is 12.9. The van der Waals surface area contributed by atoms with Crippen LogP contribution in [0.5, 0.6) is 5.75 Å². The number of aliphatic imine (C=N–C) groups is 1. The number of carbonyl (C=O) groups is 2. The molecule has 0 aliphatic carbocycles. The third-order valence-electron chi connectivity index (χ3n) is 7.94. The molecule has 0 unspecified atom stereocenters. The van der Waals surface area contributed by atoms with Gasteiger partial charge in [-0.1, -0.05) is 105 Å². The summed E-state index contributed by atoms with van der Waals surface area (Å²) in [5, 5.41) is 2.91. The normalized spacial score (nSPS) is 13.0. The number of anilines is 1. The van der Waals surface area contributed by atoms with Crippen molar-refractivity contribution >= 4 is 37.7 Å². The first-order chi connectivity index (χ1) is 23.1. The summed E-state index contributed by atoms with van der Waals surface area (Å²) in [4.78, 5) is 33.9. The van der Waals surface area contributed by atoms with Crippen molar-refractivity contribution in [2.45, 2.75) is 58.2 Å². The minimum Gasteiger partial charge on any atom is -0.478 e. The van der Waals surface area contributed by atoms with Gasteiger partial charge in [0, 0.05) is 32.9 Å². The number of ether oxygens (including phenoxy) is 2. The largest absolute Gasteiger partial charge is 0.478 e. The highest BCUT2D eigenvalue weighted by molar-refractivity contribution is 6.76. The lowest BCUT2D eigenvalue weighted by Crippen LogP contribution is -2.24. The van der Waals surface area contributed by atoms with Crippen LogP contribution in [0.25, 0.3) is 0 Å². The topological polar surface area (TPSA) is 80.2 Å². The molecule has 5 rings (SSSR count). The Morgan fingerprint density at radius 2 is 1.65 bits per heavy atom. The Morgan fingerprint density at radius 3 is 2.25 bits per heavy atom. The molecule has 9 heteroatoms. The first-order valence-corrected chi connectivity index (χ1v) is 20.0.